The van der Waals surface area contributed by atoms with Gasteiger partial charge in [-0.3, -0.25) is 0 Å². The zero-order valence-electron chi connectivity index (χ0n) is 11.6. The first-order valence-electron chi connectivity index (χ1n) is 6.64. The van der Waals surface area contributed by atoms with Gasteiger partial charge in [0, 0.05) is 6.54 Å². The van der Waals surface area contributed by atoms with Crippen molar-refractivity contribution in [2.24, 2.45) is 5.92 Å². The van der Waals surface area contributed by atoms with Crippen LogP contribution < -0.4 is 5.32 Å². The van der Waals surface area contributed by atoms with E-state index in [1.807, 2.05) is 7.05 Å². The number of nitrogens with one attached hydrogen (secondary N) is 1. The van der Waals surface area contributed by atoms with Gasteiger partial charge in [-0.1, -0.05) is 13.8 Å². The highest BCUT2D eigenvalue weighted by atomic mass is 16.5. The molecule has 1 saturated carbocycles. The van der Waals surface area contributed by atoms with Crippen LogP contribution in [-0.4, -0.2) is 50.2 Å². The molecule has 17 heavy (non-hydrogen) atoms. The van der Waals surface area contributed by atoms with Gasteiger partial charge in [-0.15, -0.1) is 0 Å². The fourth-order valence-electron chi connectivity index (χ4n) is 2.52. The van der Waals surface area contributed by atoms with Gasteiger partial charge >= 0.3 is 5.97 Å². The van der Waals surface area contributed by atoms with E-state index < -0.39 is 5.54 Å². The summed E-state index contributed by atoms with van der Waals surface area (Å²) in [4.78, 5) is 14.4. The van der Waals surface area contributed by atoms with Gasteiger partial charge in [0.25, 0.3) is 0 Å². The molecular weight excluding hydrogens is 216 g/mol. The topological polar surface area (TPSA) is 41.6 Å². The third kappa shape index (κ3) is 3.19. The molecule has 0 bridgehead atoms. The van der Waals surface area contributed by atoms with Crippen LogP contribution >= 0.6 is 0 Å². The third-order valence-corrected chi connectivity index (χ3v) is 3.73. The van der Waals surface area contributed by atoms with Crippen LogP contribution in [0.2, 0.25) is 0 Å². The quantitative estimate of drug-likeness (QED) is 0.651. The van der Waals surface area contributed by atoms with Crippen LogP contribution in [0, 0.1) is 5.92 Å². The maximum Gasteiger partial charge on any atom is 0.327 e. The fraction of sp³-hybridized carbons (Fsp3) is 0.923. The number of nitrogens with zero attached hydrogens (tertiary/aromatic N) is 1. The van der Waals surface area contributed by atoms with Gasteiger partial charge in [0.2, 0.25) is 0 Å². The Morgan fingerprint density at radius 1 is 1.47 bits per heavy atom. The summed E-state index contributed by atoms with van der Waals surface area (Å²) >= 11 is 0. The van der Waals surface area contributed by atoms with Crippen molar-refractivity contribution in [2.75, 3.05) is 33.8 Å². The number of hydrogen-bond acceptors (Lipinski definition) is 4. The van der Waals surface area contributed by atoms with Crippen molar-refractivity contribution in [3.05, 3.63) is 0 Å². The fourth-order valence-corrected chi connectivity index (χ4v) is 2.52. The van der Waals surface area contributed by atoms with Crippen molar-refractivity contribution in [3.63, 3.8) is 0 Å². The van der Waals surface area contributed by atoms with Gasteiger partial charge in [0.1, 0.15) is 5.54 Å². The highest BCUT2D eigenvalue weighted by Gasteiger charge is 2.51. The number of rotatable bonds is 8. The van der Waals surface area contributed by atoms with Crippen molar-refractivity contribution in [1.82, 2.24) is 10.2 Å². The molecule has 0 aromatic heterocycles. The average Bonchev–Trinajstić information content (AvgIpc) is 3.18. The van der Waals surface area contributed by atoms with Gasteiger partial charge in [0.05, 0.1) is 7.11 Å². The second-order valence-corrected chi connectivity index (χ2v) is 4.86. The van der Waals surface area contributed by atoms with E-state index in [2.05, 4.69) is 24.1 Å². The molecule has 1 fully saturated rings. The predicted octanol–water partition coefficient (Wildman–Crippen LogP) is 1.26. The number of hydrogen-bond donors (Lipinski definition) is 1. The first kappa shape index (κ1) is 14.5. The molecule has 0 saturated heterocycles. The van der Waals surface area contributed by atoms with E-state index in [4.69, 9.17) is 4.74 Å². The van der Waals surface area contributed by atoms with Crippen molar-refractivity contribution in [1.29, 1.82) is 0 Å². The summed E-state index contributed by atoms with van der Waals surface area (Å²) in [6.45, 7) is 7.06. The van der Waals surface area contributed by atoms with E-state index in [9.17, 15) is 4.79 Å². The van der Waals surface area contributed by atoms with Crippen LogP contribution in [0.25, 0.3) is 0 Å². The Balaban J connectivity index is 2.77. The lowest BCUT2D eigenvalue weighted by atomic mass is 9.92. The number of ether oxygens (including phenoxy) is 1. The SMILES string of the molecule is CCCN(CC)CC(NC)(C(=O)OC)C1CC1. The van der Waals surface area contributed by atoms with Gasteiger partial charge in [0.15, 0.2) is 0 Å². The lowest BCUT2D eigenvalue weighted by molar-refractivity contribution is -0.150. The lowest BCUT2D eigenvalue weighted by Crippen LogP contribution is -2.60. The summed E-state index contributed by atoms with van der Waals surface area (Å²) in [6, 6.07) is 0. The highest BCUT2D eigenvalue weighted by molar-refractivity contribution is 5.82. The van der Waals surface area contributed by atoms with E-state index in [-0.39, 0.29) is 5.97 Å². The zero-order valence-corrected chi connectivity index (χ0v) is 11.6. The van der Waals surface area contributed by atoms with Crippen molar-refractivity contribution >= 4 is 5.97 Å². The van der Waals surface area contributed by atoms with E-state index in [1.165, 1.54) is 7.11 Å². The Labute approximate surface area is 105 Å². The van der Waals surface area contributed by atoms with Crippen LogP contribution in [-0.2, 0) is 9.53 Å². The molecule has 1 aliphatic rings. The summed E-state index contributed by atoms with van der Waals surface area (Å²) in [5.41, 5.74) is -0.500. The van der Waals surface area contributed by atoms with Gasteiger partial charge in [-0.2, -0.15) is 0 Å². The van der Waals surface area contributed by atoms with Crippen LogP contribution in [0.3, 0.4) is 0 Å². The van der Waals surface area contributed by atoms with Crippen LogP contribution in [0.5, 0.6) is 0 Å². The number of esters is 1. The van der Waals surface area contributed by atoms with E-state index in [0.29, 0.717) is 5.92 Å². The standard InChI is InChI=1S/C13H26N2O2/c1-5-9-15(6-2)10-13(14-3,11-7-8-11)12(16)17-4/h11,14H,5-10H2,1-4H3. The molecule has 0 amide bonds. The van der Waals surface area contributed by atoms with Crippen molar-refractivity contribution in [2.45, 2.75) is 38.6 Å². The molecule has 0 spiro atoms. The van der Waals surface area contributed by atoms with Gasteiger partial charge in [-0.25, -0.2) is 4.79 Å². The number of carbonyl (C=O) groups excluding carboxylic acids is 1. The monoisotopic (exact) mass is 242 g/mol. The molecule has 1 aliphatic carbocycles. The van der Waals surface area contributed by atoms with E-state index in [0.717, 1.165) is 38.9 Å². The Kier molecular flexibility index (Phi) is 5.40. The molecule has 0 aromatic rings. The Morgan fingerprint density at radius 2 is 2.12 bits per heavy atom. The molecule has 4 heteroatoms. The predicted molar refractivity (Wildman–Crippen MR) is 68.9 cm³/mol. The number of carbonyl (C=O) groups is 1. The number of methoxy groups -OCH3 is 1. The average molecular weight is 242 g/mol. The van der Waals surface area contributed by atoms with Gasteiger partial charge < -0.3 is 15.0 Å². The minimum Gasteiger partial charge on any atom is -0.468 e. The van der Waals surface area contributed by atoms with Crippen molar-refractivity contribution in [3.8, 4) is 0 Å². The van der Waals surface area contributed by atoms with E-state index in [1.54, 1.807) is 0 Å². The minimum absolute atomic E-state index is 0.114. The molecule has 0 aromatic carbocycles. The molecule has 1 rings (SSSR count). The molecule has 1 atom stereocenters. The molecule has 0 heterocycles. The van der Waals surface area contributed by atoms with Gasteiger partial charge in [-0.05, 0) is 45.3 Å². The normalized spacial score (nSPS) is 19.1. The Hall–Kier alpha value is -0.610. The Bertz CT molecular complexity index is 254. The molecule has 0 aliphatic heterocycles. The minimum atomic E-state index is -0.500. The molecule has 1 unspecified atom stereocenters. The molecule has 4 nitrogen and oxygen atoms in total. The summed E-state index contributed by atoms with van der Waals surface area (Å²) in [7, 11) is 3.35. The Morgan fingerprint density at radius 3 is 2.47 bits per heavy atom. The van der Waals surface area contributed by atoms with Crippen LogP contribution in [0.15, 0.2) is 0 Å². The van der Waals surface area contributed by atoms with Crippen LogP contribution in [0.1, 0.15) is 33.1 Å². The summed E-state index contributed by atoms with van der Waals surface area (Å²) < 4.78 is 5.00. The second kappa shape index (κ2) is 6.36. The number of likely N-dealkylation sites (N-methyl/N-ethyl adjacent to an activating group) is 2. The summed E-state index contributed by atoms with van der Waals surface area (Å²) in [6.07, 6.45) is 3.36. The van der Waals surface area contributed by atoms with Crippen molar-refractivity contribution < 1.29 is 9.53 Å². The smallest absolute Gasteiger partial charge is 0.327 e. The lowest BCUT2D eigenvalue weighted by Gasteiger charge is -2.35. The molecule has 100 valence electrons. The summed E-state index contributed by atoms with van der Waals surface area (Å²) in [5, 5.41) is 3.24. The largest absolute Gasteiger partial charge is 0.468 e. The zero-order chi connectivity index (χ0) is 12.9. The first-order chi connectivity index (χ1) is 8.14. The van der Waals surface area contributed by atoms with E-state index >= 15 is 0 Å². The highest BCUT2D eigenvalue weighted by Crippen LogP contribution is 2.40. The maximum atomic E-state index is 12.1. The molecule has 0 radical (unpaired) electrons. The maximum absolute atomic E-state index is 12.1. The molecule has 1 N–H and O–H groups in total. The third-order valence-electron chi connectivity index (χ3n) is 3.73. The summed E-state index contributed by atoms with van der Waals surface area (Å²) in [5.74, 6) is 0.322. The van der Waals surface area contributed by atoms with Crippen LogP contribution in [0.4, 0.5) is 0 Å². The molecular formula is C13H26N2O2. The second-order valence-electron chi connectivity index (χ2n) is 4.86. The first-order valence-corrected chi connectivity index (χ1v) is 6.64.